The molecule has 1 amide bonds. The molecule has 0 radical (unpaired) electrons. The monoisotopic (exact) mass is 145 g/mol. The fourth-order valence-electron chi connectivity index (χ4n) is 0.453. The minimum Gasteiger partial charge on any atom is -0.370 e. The zero-order chi connectivity index (χ0) is 7.98. The van der Waals surface area contributed by atoms with Gasteiger partial charge in [-0.1, -0.05) is 10.4 Å². The van der Waals surface area contributed by atoms with Crippen LogP contribution in [0.15, 0.2) is 10.4 Å². The van der Waals surface area contributed by atoms with E-state index in [9.17, 15) is 14.6 Å². The summed E-state index contributed by atoms with van der Waals surface area (Å²) in [6.07, 6.45) is -0.213. The van der Waals surface area contributed by atoms with Crippen molar-refractivity contribution in [3.63, 3.8) is 0 Å². The maximum atomic E-state index is 10.1. The van der Waals surface area contributed by atoms with Crippen molar-refractivity contribution in [2.75, 3.05) is 6.54 Å². The minimum absolute atomic E-state index is 0.213. The van der Waals surface area contributed by atoms with Gasteiger partial charge < -0.3 is 5.73 Å². The number of nitroso groups, excluding NO2 is 2. The van der Waals surface area contributed by atoms with Crippen LogP contribution >= 0.6 is 0 Å². The molecule has 0 saturated heterocycles. The first-order valence-corrected chi connectivity index (χ1v) is 2.60. The fraction of sp³-hybridized carbons (Fsp3) is 0.750. The van der Waals surface area contributed by atoms with E-state index in [4.69, 9.17) is 5.73 Å². The van der Waals surface area contributed by atoms with Gasteiger partial charge in [-0.25, -0.2) is 0 Å². The second-order valence-corrected chi connectivity index (χ2v) is 1.74. The molecule has 10 heavy (non-hydrogen) atoms. The first kappa shape index (κ1) is 8.67. The van der Waals surface area contributed by atoms with Gasteiger partial charge in [-0.05, 0) is 0 Å². The summed E-state index contributed by atoms with van der Waals surface area (Å²) in [5.41, 5.74) is 4.72. The third-order valence-corrected chi connectivity index (χ3v) is 0.871. The van der Waals surface area contributed by atoms with Gasteiger partial charge >= 0.3 is 0 Å². The van der Waals surface area contributed by atoms with Gasteiger partial charge in [-0.3, -0.25) is 4.79 Å². The van der Waals surface area contributed by atoms with Crippen LogP contribution < -0.4 is 5.73 Å². The minimum atomic E-state index is -0.894. The predicted molar refractivity (Wildman–Crippen MR) is 34.1 cm³/mol. The molecule has 0 aliphatic heterocycles. The van der Waals surface area contributed by atoms with Crippen molar-refractivity contribution in [1.82, 2.24) is 0 Å². The van der Waals surface area contributed by atoms with E-state index in [0.717, 1.165) is 0 Å². The molecule has 56 valence electrons. The van der Waals surface area contributed by atoms with Gasteiger partial charge in [0.15, 0.2) is 0 Å². The Kier molecular flexibility index (Phi) is 3.94. The summed E-state index contributed by atoms with van der Waals surface area (Å²) in [5.74, 6) is -0.659. The number of amides is 1. The lowest BCUT2D eigenvalue weighted by Gasteiger charge is -1.97. The fourth-order valence-corrected chi connectivity index (χ4v) is 0.453. The van der Waals surface area contributed by atoms with Crippen LogP contribution in [-0.4, -0.2) is 18.5 Å². The van der Waals surface area contributed by atoms with E-state index in [1.807, 2.05) is 0 Å². The lowest BCUT2D eigenvalue weighted by atomic mass is 10.2. The maximum Gasteiger partial charge on any atom is 0.219 e. The quantitative estimate of drug-likeness (QED) is 0.540. The predicted octanol–water partition coefficient (Wildman–Crippen LogP) is -0.237. The second-order valence-electron chi connectivity index (χ2n) is 1.74. The lowest BCUT2D eigenvalue weighted by molar-refractivity contribution is -0.118. The van der Waals surface area contributed by atoms with Crippen LogP contribution in [0.3, 0.4) is 0 Å². The number of hydrogen-bond acceptors (Lipinski definition) is 5. The molecule has 1 atom stereocenters. The number of hydrogen-bond donors (Lipinski definition) is 1. The number of rotatable bonds is 5. The standard InChI is InChI=1S/C4H7N3O3/c5-4(8)1-3(7-10)2-6-9/h3H,1-2H2,(H2,5,8). The smallest absolute Gasteiger partial charge is 0.219 e. The molecule has 0 rings (SSSR count). The van der Waals surface area contributed by atoms with Crippen LogP contribution in [-0.2, 0) is 4.79 Å². The molecule has 6 nitrogen and oxygen atoms in total. The zero-order valence-corrected chi connectivity index (χ0v) is 5.19. The van der Waals surface area contributed by atoms with Crippen LogP contribution in [0.1, 0.15) is 6.42 Å². The van der Waals surface area contributed by atoms with Gasteiger partial charge in [0.25, 0.3) is 0 Å². The van der Waals surface area contributed by atoms with Crippen molar-refractivity contribution < 1.29 is 4.79 Å². The Bertz CT molecular complexity index is 147. The Balaban J connectivity index is 3.70. The van der Waals surface area contributed by atoms with Crippen molar-refractivity contribution in [1.29, 1.82) is 0 Å². The number of carbonyl (C=O) groups is 1. The summed E-state index contributed by atoms with van der Waals surface area (Å²) >= 11 is 0. The Morgan fingerprint density at radius 3 is 2.40 bits per heavy atom. The molecule has 0 aromatic carbocycles. The summed E-state index contributed by atoms with van der Waals surface area (Å²) in [7, 11) is 0. The average molecular weight is 145 g/mol. The largest absolute Gasteiger partial charge is 0.370 e. The average Bonchev–Trinajstić information content (AvgIpc) is 1.86. The van der Waals surface area contributed by atoms with Gasteiger partial charge in [-0.2, -0.15) is 9.81 Å². The van der Waals surface area contributed by atoms with E-state index in [0.29, 0.717) is 0 Å². The molecule has 0 aliphatic carbocycles. The van der Waals surface area contributed by atoms with Crippen molar-refractivity contribution in [2.45, 2.75) is 12.5 Å². The van der Waals surface area contributed by atoms with Crippen molar-refractivity contribution in [3.05, 3.63) is 9.81 Å². The summed E-state index contributed by atoms with van der Waals surface area (Å²) in [6.45, 7) is -0.285. The van der Waals surface area contributed by atoms with E-state index < -0.39 is 11.9 Å². The van der Waals surface area contributed by atoms with E-state index in [-0.39, 0.29) is 13.0 Å². The highest BCUT2D eigenvalue weighted by Gasteiger charge is 2.11. The third-order valence-electron chi connectivity index (χ3n) is 0.871. The molecule has 2 N–H and O–H groups in total. The number of primary amides is 1. The van der Waals surface area contributed by atoms with Crippen molar-refractivity contribution in [3.8, 4) is 0 Å². The van der Waals surface area contributed by atoms with Crippen LogP contribution in [0.4, 0.5) is 0 Å². The van der Waals surface area contributed by atoms with Crippen LogP contribution in [0.5, 0.6) is 0 Å². The molecule has 6 heteroatoms. The normalized spacial score (nSPS) is 12.0. The Hall–Kier alpha value is -1.33. The van der Waals surface area contributed by atoms with Crippen molar-refractivity contribution >= 4 is 5.91 Å². The highest BCUT2D eigenvalue weighted by atomic mass is 16.3. The Morgan fingerprint density at radius 1 is 1.50 bits per heavy atom. The first-order chi connectivity index (χ1) is 4.70. The van der Waals surface area contributed by atoms with Gasteiger partial charge in [0.1, 0.15) is 12.6 Å². The van der Waals surface area contributed by atoms with Gasteiger partial charge in [0.05, 0.1) is 6.42 Å². The van der Waals surface area contributed by atoms with E-state index in [1.165, 1.54) is 0 Å². The van der Waals surface area contributed by atoms with E-state index in [1.54, 1.807) is 0 Å². The number of carbonyl (C=O) groups excluding carboxylic acids is 1. The summed E-state index contributed by atoms with van der Waals surface area (Å²) < 4.78 is 0. The highest BCUT2D eigenvalue weighted by Crippen LogP contribution is 1.96. The maximum absolute atomic E-state index is 10.1. The summed E-state index contributed by atoms with van der Waals surface area (Å²) in [4.78, 5) is 29.5. The molecule has 1 unspecified atom stereocenters. The Labute approximate surface area is 56.7 Å². The van der Waals surface area contributed by atoms with Crippen LogP contribution in [0.2, 0.25) is 0 Å². The summed E-state index contributed by atoms with van der Waals surface area (Å²) in [5, 5.41) is 4.88. The third kappa shape index (κ3) is 3.65. The molecule has 0 saturated carbocycles. The topological polar surface area (TPSA) is 102 Å². The number of nitrogens with two attached hydrogens (primary N) is 1. The summed E-state index contributed by atoms with van der Waals surface area (Å²) in [6, 6.07) is -0.894. The van der Waals surface area contributed by atoms with Gasteiger partial charge in [0.2, 0.25) is 5.91 Å². The SMILES string of the molecule is NC(=O)CC(CN=O)N=O. The second kappa shape index (κ2) is 4.54. The molecule has 0 fully saturated rings. The molecule has 0 aliphatic rings. The first-order valence-electron chi connectivity index (χ1n) is 2.60. The lowest BCUT2D eigenvalue weighted by Crippen LogP contribution is -2.20. The van der Waals surface area contributed by atoms with Crippen molar-refractivity contribution in [2.24, 2.45) is 16.1 Å². The zero-order valence-electron chi connectivity index (χ0n) is 5.19. The van der Waals surface area contributed by atoms with Gasteiger partial charge in [0, 0.05) is 0 Å². The van der Waals surface area contributed by atoms with E-state index in [2.05, 4.69) is 10.4 Å². The number of nitrogens with zero attached hydrogens (tertiary/aromatic N) is 2. The molecular weight excluding hydrogens is 138 g/mol. The molecule has 0 aromatic heterocycles. The van der Waals surface area contributed by atoms with Gasteiger partial charge in [-0.15, -0.1) is 0 Å². The molecule has 0 aromatic rings. The Morgan fingerprint density at radius 2 is 2.10 bits per heavy atom. The molecule has 0 spiro atoms. The molecule has 0 heterocycles. The van der Waals surface area contributed by atoms with E-state index >= 15 is 0 Å². The highest BCUT2D eigenvalue weighted by molar-refractivity contribution is 5.74. The molecule has 0 bridgehead atoms. The molecular formula is C4H7N3O3. The van der Waals surface area contributed by atoms with Crippen LogP contribution in [0, 0.1) is 9.81 Å². The van der Waals surface area contributed by atoms with Crippen LogP contribution in [0.25, 0.3) is 0 Å².